The standard InChI is InChI=1S/C15H18FNO4/c16-11-3-1-5-13(9-11)21-8-6-14(18)17-7-2-4-12(17)10-15(19)20/h1,3,5,9,12H,2,4,6-8,10H2,(H,19,20). The number of halogens is 1. The van der Waals surface area contributed by atoms with Gasteiger partial charge in [-0.1, -0.05) is 6.07 Å². The molecule has 21 heavy (non-hydrogen) atoms. The van der Waals surface area contributed by atoms with E-state index < -0.39 is 5.97 Å². The number of ether oxygens (including phenoxy) is 1. The third-order valence-electron chi connectivity index (χ3n) is 3.49. The van der Waals surface area contributed by atoms with Crippen LogP contribution in [0.15, 0.2) is 24.3 Å². The lowest BCUT2D eigenvalue weighted by molar-refractivity contribution is -0.140. The molecule has 0 radical (unpaired) electrons. The molecule has 6 heteroatoms. The van der Waals surface area contributed by atoms with Crippen LogP contribution in [0.2, 0.25) is 0 Å². The van der Waals surface area contributed by atoms with E-state index in [4.69, 9.17) is 9.84 Å². The topological polar surface area (TPSA) is 66.8 Å². The van der Waals surface area contributed by atoms with E-state index in [-0.39, 0.29) is 37.2 Å². The number of hydrogen-bond donors (Lipinski definition) is 1. The van der Waals surface area contributed by atoms with Crippen LogP contribution in [0, 0.1) is 5.82 Å². The van der Waals surface area contributed by atoms with Crippen LogP contribution in [0.1, 0.15) is 25.7 Å². The summed E-state index contributed by atoms with van der Waals surface area (Å²) in [5.41, 5.74) is 0. The smallest absolute Gasteiger partial charge is 0.305 e. The van der Waals surface area contributed by atoms with Crippen molar-refractivity contribution in [3.8, 4) is 5.75 Å². The number of amides is 1. The summed E-state index contributed by atoms with van der Waals surface area (Å²) in [6, 6.07) is 5.52. The average Bonchev–Trinajstić information content (AvgIpc) is 2.86. The first-order chi connectivity index (χ1) is 10.1. The molecule has 2 rings (SSSR count). The van der Waals surface area contributed by atoms with Gasteiger partial charge in [-0.05, 0) is 25.0 Å². The van der Waals surface area contributed by atoms with E-state index in [0.29, 0.717) is 12.3 Å². The van der Waals surface area contributed by atoms with E-state index in [2.05, 4.69) is 0 Å². The van der Waals surface area contributed by atoms with Gasteiger partial charge in [0.1, 0.15) is 11.6 Å². The molecule has 1 heterocycles. The Hall–Kier alpha value is -2.11. The van der Waals surface area contributed by atoms with Crippen LogP contribution in [-0.4, -0.2) is 41.1 Å². The molecule has 114 valence electrons. The van der Waals surface area contributed by atoms with Crippen LogP contribution in [0.5, 0.6) is 5.75 Å². The largest absolute Gasteiger partial charge is 0.493 e. The summed E-state index contributed by atoms with van der Waals surface area (Å²) < 4.78 is 18.3. The number of aliphatic carboxylic acids is 1. The highest BCUT2D eigenvalue weighted by molar-refractivity contribution is 5.78. The molecule has 1 fully saturated rings. The molecule has 1 amide bonds. The summed E-state index contributed by atoms with van der Waals surface area (Å²) in [4.78, 5) is 24.4. The van der Waals surface area contributed by atoms with E-state index in [1.165, 1.54) is 18.2 Å². The zero-order valence-electron chi connectivity index (χ0n) is 11.6. The van der Waals surface area contributed by atoms with Crippen molar-refractivity contribution < 1.29 is 23.8 Å². The average molecular weight is 295 g/mol. The van der Waals surface area contributed by atoms with Crippen molar-refractivity contribution in [1.29, 1.82) is 0 Å². The van der Waals surface area contributed by atoms with Gasteiger partial charge in [-0.15, -0.1) is 0 Å². The first kappa shape index (κ1) is 15.3. The molecule has 0 saturated carbocycles. The molecule has 1 atom stereocenters. The van der Waals surface area contributed by atoms with Crippen LogP contribution >= 0.6 is 0 Å². The number of rotatable bonds is 6. The van der Waals surface area contributed by atoms with Crippen molar-refractivity contribution in [2.75, 3.05) is 13.2 Å². The Morgan fingerprint density at radius 2 is 2.24 bits per heavy atom. The number of carboxylic acid groups (broad SMARTS) is 1. The van der Waals surface area contributed by atoms with E-state index >= 15 is 0 Å². The van der Waals surface area contributed by atoms with Crippen LogP contribution < -0.4 is 4.74 Å². The third kappa shape index (κ3) is 4.44. The van der Waals surface area contributed by atoms with Crippen molar-refractivity contribution in [2.24, 2.45) is 0 Å². The first-order valence-electron chi connectivity index (χ1n) is 6.96. The van der Waals surface area contributed by atoms with E-state index in [0.717, 1.165) is 12.8 Å². The Morgan fingerprint density at radius 1 is 1.43 bits per heavy atom. The molecule has 1 aromatic carbocycles. The highest BCUT2D eigenvalue weighted by atomic mass is 19.1. The maximum atomic E-state index is 13.0. The number of carboxylic acids is 1. The number of benzene rings is 1. The Balaban J connectivity index is 1.80. The number of carbonyl (C=O) groups is 2. The molecular formula is C15H18FNO4. The van der Waals surface area contributed by atoms with Gasteiger partial charge in [-0.2, -0.15) is 0 Å². The number of carbonyl (C=O) groups excluding carboxylic acids is 1. The van der Waals surface area contributed by atoms with Gasteiger partial charge in [-0.3, -0.25) is 9.59 Å². The summed E-state index contributed by atoms with van der Waals surface area (Å²) in [5.74, 6) is -1.02. The summed E-state index contributed by atoms with van der Waals surface area (Å²) >= 11 is 0. The van der Waals surface area contributed by atoms with Crippen molar-refractivity contribution in [2.45, 2.75) is 31.7 Å². The molecule has 1 aromatic rings. The second-order valence-electron chi connectivity index (χ2n) is 5.04. The fourth-order valence-electron chi connectivity index (χ4n) is 2.53. The van der Waals surface area contributed by atoms with Gasteiger partial charge in [-0.25, -0.2) is 4.39 Å². The minimum absolute atomic E-state index is 0.0174. The van der Waals surface area contributed by atoms with E-state index in [1.54, 1.807) is 11.0 Å². The SMILES string of the molecule is O=C(O)CC1CCCN1C(=O)CCOc1cccc(F)c1. The number of likely N-dealkylation sites (tertiary alicyclic amines) is 1. The van der Waals surface area contributed by atoms with Crippen LogP contribution in [-0.2, 0) is 9.59 Å². The van der Waals surface area contributed by atoms with Gasteiger partial charge in [0, 0.05) is 18.7 Å². The van der Waals surface area contributed by atoms with E-state index in [9.17, 15) is 14.0 Å². The maximum Gasteiger partial charge on any atom is 0.305 e. The van der Waals surface area contributed by atoms with Crippen LogP contribution in [0.3, 0.4) is 0 Å². The quantitative estimate of drug-likeness (QED) is 0.872. The maximum absolute atomic E-state index is 13.0. The molecule has 1 N–H and O–H groups in total. The first-order valence-corrected chi connectivity index (χ1v) is 6.96. The Labute approximate surface area is 122 Å². The Kier molecular flexibility index (Phi) is 5.14. The number of nitrogens with zero attached hydrogens (tertiary/aromatic N) is 1. The van der Waals surface area contributed by atoms with Gasteiger partial charge >= 0.3 is 5.97 Å². The highest BCUT2D eigenvalue weighted by Gasteiger charge is 2.29. The fraction of sp³-hybridized carbons (Fsp3) is 0.467. The molecule has 1 aliphatic rings. The summed E-state index contributed by atoms with van der Waals surface area (Å²) in [5, 5.41) is 8.83. The summed E-state index contributed by atoms with van der Waals surface area (Å²) in [7, 11) is 0. The van der Waals surface area contributed by atoms with Crippen molar-refractivity contribution in [1.82, 2.24) is 4.90 Å². The molecule has 1 unspecified atom stereocenters. The van der Waals surface area contributed by atoms with Crippen LogP contribution in [0.4, 0.5) is 4.39 Å². The lowest BCUT2D eigenvalue weighted by atomic mass is 10.1. The Bertz CT molecular complexity index is 520. The predicted octanol–water partition coefficient (Wildman–Crippen LogP) is 2.06. The van der Waals surface area contributed by atoms with Crippen LogP contribution in [0.25, 0.3) is 0 Å². The van der Waals surface area contributed by atoms with Gasteiger partial charge in [0.05, 0.1) is 19.4 Å². The molecular weight excluding hydrogens is 277 g/mol. The van der Waals surface area contributed by atoms with E-state index in [1.807, 2.05) is 0 Å². The minimum Gasteiger partial charge on any atom is -0.493 e. The minimum atomic E-state index is -0.893. The Morgan fingerprint density at radius 3 is 2.95 bits per heavy atom. The van der Waals surface area contributed by atoms with Gasteiger partial charge < -0.3 is 14.7 Å². The highest BCUT2D eigenvalue weighted by Crippen LogP contribution is 2.21. The van der Waals surface area contributed by atoms with Gasteiger partial charge in [0.2, 0.25) is 5.91 Å². The third-order valence-corrected chi connectivity index (χ3v) is 3.49. The normalized spacial score (nSPS) is 17.8. The predicted molar refractivity (Wildman–Crippen MR) is 73.5 cm³/mol. The molecule has 5 nitrogen and oxygen atoms in total. The summed E-state index contributed by atoms with van der Waals surface area (Å²) in [6.45, 7) is 0.745. The van der Waals surface area contributed by atoms with Gasteiger partial charge in [0.25, 0.3) is 0 Å². The lowest BCUT2D eigenvalue weighted by Crippen LogP contribution is -2.37. The van der Waals surface area contributed by atoms with Crippen molar-refractivity contribution in [3.63, 3.8) is 0 Å². The zero-order valence-corrected chi connectivity index (χ0v) is 11.6. The fourth-order valence-corrected chi connectivity index (χ4v) is 2.53. The second-order valence-corrected chi connectivity index (χ2v) is 5.04. The number of hydrogen-bond acceptors (Lipinski definition) is 3. The zero-order chi connectivity index (χ0) is 15.2. The molecule has 1 aliphatic heterocycles. The monoisotopic (exact) mass is 295 g/mol. The summed E-state index contributed by atoms with van der Waals surface area (Å²) in [6.07, 6.45) is 1.69. The van der Waals surface area contributed by atoms with Crippen molar-refractivity contribution >= 4 is 11.9 Å². The molecule has 0 aliphatic carbocycles. The van der Waals surface area contributed by atoms with Crippen molar-refractivity contribution in [3.05, 3.63) is 30.1 Å². The second kappa shape index (κ2) is 7.06. The molecule has 0 spiro atoms. The van der Waals surface area contributed by atoms with Gasteiger partial charge in [0.15, 0.2) is 0 Å². The molecule has 0 aromatic heterocycles. The lowest BCUT2D eigenvalue weighted by Gasteiger charge is -2.23. The molecule has 1 saturated heterocycles. The molecule has 0 bridgehead atoms.